The van der Waals surface area contributed by atoms with Crippen LogP contribution in [0.25, 0.3) is 0 Å². The van der Waals surface area contributed by atoms with E-state index in [1.165, 1.54) is 6.07 Å². The SMILES string of the molecule is Cc1cc(Br)c(F)cc1Nc1snc(C)c1C(=O)O. The summed E-state index contributed by atoms with van der Waals surface area (Å²) in [7, 11) is 0. The van der Waals surface area contributed by atoms with Crippen LogP contribution in [0.4, 0.5) is 15.1 Å². The van der Waals surface area contributed by atoms with Gasteiger partial charge in [0.2, 0.25) is 0 Å². The van der Waals surface area contributed by atoms with Gasteiger partial charge in [0.25, 0.3) is 0 Å². The van der Waals surface area contributed by atoms with Crippen LogP contribution in [0.1, 0.15) is 21.6 Å². The molecule has 1 aromatic carbocycles. The van der Waals surface area contributed by atoms with Crippen LogP contribution in [-0.4, -0.2) is 15.4 Å². The van der Waals surface area contributed by atoms with Gasteiger partial charge in [-0.05, 0) is 59.0 Å². The number of aryl methyl sites for hydroxylation is 2. The van der Waals surface area contributed by atoms with Crippen molar-refractivity contribution in [3.8, 4) is 0 Å². The lowest BCUT2D eigenvalue weighted by Gasteiger charge is -2.09. The van der Waals surface area contributed by atoms with Crippen molar-refractivity contribution in [1.82, 2.24) is 4.37 Å². The fourth-order valence-electron chi connectivity index (χ4n) is 1.61. The van der Waals surface area contributed by atoms with Gasteiger partial charge in [-0.15, -0.1) is 0 Å². The summed E-state index contributed by atoms with van der Waals surface area (Å²) in [6, 6.07) is 2.95. The number of carboxylic acids is 1. The zero-order chi connectivity index (χ0) is 14.2. The Kier molecular flexibility index (Phi) is 3.86. The predicted molar refractivity (Wildman–Crippen MR) is 75.9 cm³/mol. The number of carboxylic acid groups (broad SMARTS) is 1. The Labute approximate surface area is 121 Å². The molecule has 0 aliphatic rings. The summed E-state index contributed by atoms with van der Waals surface area (Å²) < 4.78 is 17.9. The first-order valence-corrected chi connectivity index (χ1v) is 6.89. The van der Waals surface area contributed by atoms with Crippen LogP contribution >= 0.6 is 27.5 Å². The Hall–Kier alpha value is -1.47. The molecule has 0 fully saturated rings. The molecule has 4 nitrogen and oxygen atoms in total. The Bertz CT molecular complexity index is 657. The quantitative estimate of drug-likeness (QED) is 0.879. The first-order valence-electron chi connectivity index (χ1n) is 5.32. The molecule has 0 atom stereocenters. The molecule has 0 aliphatic heterocycles. The van der Waals surface area contributed by atoms with Crippen LogP contribution in [0.3, 0.4) is 0 Å². The van der Waals surface area contributed by atoms with Gasteiger partial charge < -0.3 is 10.4 Å². The van der Waals surface area contributed by atoms with Crippen LogP contribution in [0.2, 0.25) is 0 Å². The van der Waals surface area contributed by atoms with Crippen molar-refractivity contribution in [2.24, 2.45) is 0 Å². The minimum atomic E-state index is -1.05. The number of nitrogens with zero attached hydrogens (tertiary/aromatic N) is 1. The fraction of sp³-hybridized carbons (Fsp3) is 0.167. The molecule has 2 aromatic rings. The molecule has 1 heterocycles. The van der Waals surface area contributed by atoms with Gasteiger partial charge in [0, 0.05) is 5.69 Å². The highest BCUT2D eigenvalue weighted by atomic mass is 79.9. The van der Waals surface area contributed by atoms with Gasteiger partial charge in [-0.3, -0.25) is 0 Å². The molecule has 0 unspecified atom stereocenters. The Morgan fingerprint density at radius 1 is 1.47 bits per heavy atom. The normalized spacial score (nSPS) is 10.5. The molecular formula is C12H10BrFN2O2S. The van der Waals surface area contributed by atoms with E-state index in [0.29, 0.717) is 20.9 Å². The molecule has 0 radical (unpaired) electrons. The fourth-order valence-corrected chi connectivity index (χ4v) is 2.87. The van der Waals surface area contributed by atoms with Gasteiger partial charge >= 0.3 is 5.97 Å². The first-order chi connectivity index (χ1) is 8.90. The van der Waals surface area contributed by atoms with E-state index < -0.39 is 11.8 Å². The summed E-state index contributed by atoms with van der Waals surface area (Å²) in [6.45, 7) is 3.43. The summed E-state index contributed by atoms with van der Waals surface area (Å²) in [5.74, 6) is -1.46. The maximum atomic E-state index is 13.5. The highest BCUT2D eigenvalue weighted by Crippen LogP contribution is 2.31. The summed E-state index contributed by atoms with van der Waals surface area (Å²) >= 11 is 4.14. The van der Waals surface area contributed by atoms with Crippen LogP contribution in [0.15, 0.2) is 16.6 Å². The molecule has 0 saturated heterocycles. The molecule has 0 aliphatic carbocycles. The molecular weight excluding hydrogens is 335 g/mol. The smallest absolute Gasteiger partial charge is 0.340 e. The largest absolute Gasteiger partial charge is 0.478 e. The Balaban J connectivity index is 2.42. The number of carbonyl (C=O) groups is 1. The average molecular weight is 345 g/mol. The molecule has 7 heteroatoms. The highest BCUT2D eigenvalue weighted by Gasteiger charge is 2.18. The summed E-state index contributed by atoms with van der Waals surface area (Å²) in [6.07, 6.45) is 0. The minimum Gasteiger partial charge on any atom is -0.478 e. The van der Waals surface area contributed by atoms with Crippen molar-refractivity contribution in [3.05, 3.63) is 39.2 Å². The van der Waals surface area contributed by atoms with Gasteiger partial charge in [-0.25, -0.2) is 9.18 Å². The average Bonchev–Trinajstić information content (AvgIpc) is 2.67. The van der Waals surface area contributed by atoms with E-state index in [0.717, 1.165) is 17.1 Å². The van der Waals surface area contributed by atoms with Crippen LogP contribution in [0.5, 0.6) is 0 Å². The topological polar surface area (TPSA) is 62.2 Å². The Morgan fingerprint density at radius 2 is 2.16 bits per heavy atom. The van der Waals surface area contributed by atoms with Gasteiger partial charge in [0.1, 0.15) is 16.4 Å². The number of nitrogens with one attached hydrogen (secondary N) is 1. The zero-order valence-corrected chi connectivity index (χ0v) is 12.5. The lowest BCUT2D eigenvalue weighted by Crippen LogP contribution is -2.02. The van der Waals surface area contributed by atoms with Crippen molar-refractivity contribution in [2.75, 3.05) is 5.32 Å². The van der Waals surface area contributed by atoms with Gasteiger partial charge in [-0.1, -0.05) is 0 Å². The van der Waals surface area contributed by atoms with Gasteiger partial charge in [0.05, 0.1) is 10.2 Å². The van der Waals surface area contributed by atoms with Crippen LogP contribution in [0, 0.1) is 19.7 Å². The second-order valence-electron chi connectivity index (χ2n) is 3.98. The van der Waals surface area contributed by atoms with Crippen molar-refractivity contribution in [3.63, 3.8) is 0 Å². The third-order valence-corrected chi connectivity index (χ3v) is 4.05. The molecule has 1 aromatic heterocycles. The third-order valence-electron chi connectivity index (χ3n) is 2.59. The van der Waals surface area contributed by atoms with Gasteiger partial charge in [-0.2, -0.15) is 4.37 Å². The molecule has 0 saturated carbocycles. The van der Waals surface area contributed by atoms with E-state index in [4.69, 9.17) is 5.11 Å². The lowest BCUT2D eigenvalue weighted by atomic mass is 10.2. The first kappa shape index (κ1) is 14.0. The number of aromatic nitrogens is 1. The third kappa shape index (κ3) is 2.76. The lowest BCUT2D eigenvalue weighted by molar-refractivity contribution is 0.0697. The van der Waals surface area contributed by atoms with Crippen molar-refractivity contribution in [1.29, 1.82) is 0 Å². The number of halogens is 2. The van der Waals surface area contributed by atoms with E-state index in [2.05, 4.69) is 25.6 Å². The highest BCUT2D eigenvalue weighted by molar-refractivity contribution is 9.10. The summed E-state index contributed by atoms with van der Waals surface area (Å²) in [5, 5.41) is 12.4. The molecule has 100 valence electrons. The summed E-state index contributed by atoms with van der Waals surface area (Å²) in [4.78, 5) is 11.1. The number of aromatic carboxylic acids is 1. The van der Waals surface area contributed by atoms with Crippen LogP contribution in [-0.2, 0) is 0 Å². The number of hydrogen-bond donors (Lipinski definition) is 2. The Morgan fingerprint density at radius 3 is 2.79 bits per heavy atom. The molecule has 2 rings (SSSR count). The maximum absolute atomic E-state index is 13.5. The molecule has 0 amide bonds. The predicted octanol–water partition coefficient (Wildman–Crippen LogP) is 4.10. The maximum Gasteiger partial charge on any atom is 0.340 e. The van der Waals surface area contributed by atoms with Crippen molar-refractivity contribution in [2.45, 2.75) is 13.8 Å². The standard InChI is InChI=1S/C12H10BrFN2O2S/c1-5-3-7(13)8(14)4-9(5)15-11-10(12(17)18)6(2)16-19-11/h3-4,15H,1-2H3,(H,17,18). The van der Waals surface area contributed by atoms with Crippen molar-refractivity contribution >= 4 is 44.1 Å². The number of anilines is 2. The van der Waals surface area contributed by atoms with E-state index >= 15 is 0 Å². The van der Waals surface area contributed by atoms with E-state index in [1.807, 2.05) is 0 Å². The minimum absolute atomic E-state index is 0.118. The molecule has 2 N–H and O–H groups in total. The summed E-state index contributed by atoms with van der Waals surface area (Å²) in [5.41, 5.74) is 1.88. The number of rotatable bonds is 3. The molecule has 19 heavy (non-hydrogen) atoms. The number of hydrogen-bond acceptors (Lipinski definition) is 4. The monoisotopic (exact) mass is 344 g/mol. The second-order valence-corrected chi connectivity index (χ2v) is 5.61. The molecule has 0 spiro atoms. The molecule has 0 bridgehead atoms. The number of benzene rings is 1. The second kappa shape index (κ2) is 5.26. The zero-order valence-electron chi connectivity index (χ0n) is 10.1. The van der Waals surface area contributed by atoms with E-state index in [9.17, 15) is 9.18 Å². The van der Waals surface area contributed by atoms with Crippen LogP contribution < -0.4 is 5.32 Å². The van der Waals surface area contributed by atoms with E-state index in [-0.39, 0.29) is 5.56 Å². The van der Waals surface area contributed by atoms with Gasteiger partial charge in [0.15, 0.2) is 0 Å². The van der Waals surface area contributed by atoms with Crippen molar-refractivity contribution < 1.29 is 14.3 Å². The van der Waals surface area contributed by atoms with E-state index in [1.54, 1.807) is 19.9 Å².